The number of rotatable bonds is 6. The molecule has 2 aromatic heterocycles. The Morgan fingerprint density at radius 3 is 2.86 bits per heavy atom. The fourth-order valence-corrected chi connectivity index (χ4v) is 3.11. The number of alkyl halides is 1. The Morgan fingerprint density at radius 2 is 2.24 bits per heavy atom. The summed E-state index contributed by atoms with van der Waals surface area (Å²) in [7, 11) is 0. The molecule has 1 atom stereocenters. The average molecular weight is 307 g/mol. The maximum absolute atomic E-state index is 6.33. The van der Waals surface area contributed by atoms with Crippen molar-refractivity contribution >= 4 is 22.8 Å². The maximum atomic E-state index is 6.33. The largest absolute Gasteiger partial charge is 0.310 e. The van der Waals surface area contributed by atoms with Crippen LogP contribution in [0.2, 0.25) is 0 Å². The summed E-state index contributed by atoms with van der Waals surface area (Å²) >= 11 is 6.33. The maximum Gasteiger partial charge on any atom is 0.160 e. The van der Waals surface area contributed by atoms with Crippen LogP contribution in [0.15, 0.2) is 12.3 Å². The minimum atomic E-state index is -0.102. The lowest BCUT2D eigenvalue weighted by Gasteiger charge is -2.21. The van der Waals surface area contributed by atoms with Gasteiger partial charge in [-0.2, -0.15) is 0 Å². The van der Waals surface area contributed by atoms with Gasteiger partial charge in [-0.3, -0.25) is 4.90 Å². The Kier molecular flexibility index (Phi) is 4.18. The molecule has 1 aliphatic carbocycles. The van der Waals surface area contributed by atoms with Crippen molar-refractivity contribution < 1.29 is 0 Å². The minimum Gasteiger partial charge on any atom is -0.310 e. The highest BCUT2D eigenvalue weighted by Crippen LogP contribution is 2.28. The molecule has 0 bridgehead atoms. The second-order valence-corrected chi connectivity index (χ2v) is 6.55. The van der Waals surface area contributed by atoms with E-state index in [-0.39, 0.29) is 5.38 Å². The van der Waals surface area contributed by atoms with Crippen molar-refractivity contribution in [1.29, 1.82) is 0 Å². The van der Waals surface area contributed by atoms with E-state index in [0.717, 1.165) is 48.2 Å². The van der Waals surface area contributed by atoms with E-state index in [4.69, 9.17) is 16.6 Å². The molecular weight excluding hydrogens is 284 g/mol. The average Bonchev–Trinajstić information content (AvgIpc) is 3.21. The molecule has 1 saturated carbocycles. The monoisotopic (exact) mass is 306 g/mol. The number of hydrogen-bond donors (Lipinski definition) is 0. The van der Waals surface area contributed by atoms with Crippen LogP contribution in [-0.2, 0) is 6.54 Å². The van der Waals surface area contributed by atoms with Gasteiger partial charge >= 0.3 is 0 Å². The molecule has 0 spiro atoms. The Balaban J connectivity index is 1.91. The van der Waals surface area contributed by atoms with E-state index in [1.165, 1.54) is 12.8 Å². The topological polar surface area (TPSA) is 34.0 Å². The summed E-state index contributed by atoms with van der Waals surface area (Å²) in [6, 6.07) is 2.79. The summed E-state index contributed by atoms with van der Waals surface area (Å²) in [6.45, 7) is 9.34. The summed E-state index contributed by atoms with van der Waals surface area (Å²) in [4.78, 5) is 11.8. The van der Waals surface area contributed by atoms with Crippen molar-refractivity contribution in [2.75, 3.05) is 13.1 Å². The number of imidazole rings is 1. The van der Waals surface area contributed by atoms with Gasteiger partial charge in [-0.25, -0.2) is 9.97 Å². The van der Waals surface area contributed by atoms with Gasteiger partial charge in [0, 0.05) is 25.3 Å². The van der Waals surface area contributed by atoms with Crippen LogP contribution < -0.4 is 0 Å². The lowest BCUT2D eigenvalue weighted by molar-refractivity contribution is 0.266. The lowest BCUT2D eigenvalue weighted by atomic mass is 10.3. The van der Waals surface area contributed by atoms with E-state index >= 15 is 0 Å². The van der Waals surface area contributed by atoms with Crippen LogP contribution in [0.1, 0.15) is 43.5 Å². The zero-order valence-electron chi connectivity index (χ0n) is 13.0. The first-order valence-electron chi connectivity index (χ1n) is 7.81. The minimum absolute atomic E-state index is 0.102. The van der Waals surface area contributed by atoms with Crippen LogP contribution in [-0.4, -0.2) is 38.6 Å². The highest BCUT2D eigenvalue weighted by atomic mass is 35.5. The molecular formula is C16H23ClN4. The number of hydrogen-bond acceptors (Lipinski definition) is 3. The Hall–Kier alpha value is -1.13. The van der Waals surface area contributed by atoms with Gasteiger partial charge in [0.1, 0.15) is 11.3 Å². The highest BCUT2D eigenvalue weighted by molar-refractivity contribution is 6.20. The van der Waals surface area contributed by atoms with Crippen LogP contribution in [0, 0.1) is 6.92 Å². The standard InChI is InChI=1S/C16H23ClN4/c1-4-20(13-5-6-13)9-10-21-15(12(3)17)19-14-11(2)7-8-18-16(14)21/h7-8,12-13H,4-6,9-10H2,1-3H3. The normalized spacial score (nSPS) is 16.8. The third-order valence-electron chi connectivity index (χ3n) is 4.30. The first-order chi connectivity index (χ1) is 10.1. The number of fused-ring (bicyclic) bond motifs is 1. The Labute approximate surface area is 131 Å². The molecule has 2 heterocycles. The van der Waals surface area contributed by atoms with E-state index in [2.05, 4.69) is 28.3 Å². The summed E-state index contributed by atoms with van der Waals surface area (Å²) < 4.78 is 2.20. The summed E-state index contributed by atoms with van der Waals surface area (Å²) in [5, 5.41) is -0.102. The second kappa shape index (κ2) is 5.93. The zero-order valence-corrected chi connectivity index (χ0v) is 13.8. The van der Waals surface area contributed by atoms with Crippen LogP contribution in [0.5, 0.6) is 0 Å². The molecule has 0 amide bonds. The molecule has 3 rings (SSSR count). The van der Waals surface area contributed by atoms with Gasteiger partial charge in [-0.15, -0.1) is 11.6 Å². The quantitative estimate of drug-likeness (QED) is 0.766. The Bertz CT molecular complexity index is 630. The van der Waals surface area contributed by atoms with E-state index in [1.54, 1.807) is 0 Å². The van der Waals surface area contributed by atoms with Crippen LogP contribution in [0.25, 0.3) is 11.2 Å². The fourth-order valence-electron chi connectivity index (χ4n) is 2.95. The van der Waals surface area contributed by atoms with Gasteiger partial charge in [-0.05, 0) is 44.9 Å². The summed E-state index contributed by atoms with van der Waals surface area (Å²) in [5.74, 6) is 0.931. The number of aryl methyl sites for hydroxylation is 1. The van der Waals surface area contributed by atoms with Crippen molar-refractivity contribution in [2.24, 2.45) is 0 Å². The predicted molar refractivity (Wildman–Crippen MR) is 86.8 cm³/mol. The van der Waals surface area contributed by atoms with Gasteiger partial charge in [0.15, 0.2) is 5.65 Å². The van der Waals surface area contributed by atoms with Crippen LogP contribution in [0.4, 0.5) is 0 Å². The molecule has 0 aliphatic heterocycles. The van der Waals surface area contributed by atoms with Gasteiger partial charge in [-0.1, -0.05) is 6.92 Å². The molecule has 2 aromatic rings. The molecule has 1 fully saturated rings. The number of likely N-dealkylation sites (N-methyl/N-ethyl adjacent to an activating group) is 1. The smallest absolute Gasteiger partial charge is 0.160 e. The molecule has 0 N–H and O–H groups in total. The SMILES string of the molecule is CCN(CCn1c(C(C)Cl)nc2c(C)ccnc21)C1CC1. The predicted octanol–water partition coefficient (Wildman–Crippen LogP) is 3.52. The van der Waals surface area contributed by atoms with E-state index in [9.17, 15) is 0 Å². The molecule has 1 aliphatic rings. The number of aromatic nitrogens is 3. The van der Waals surface area contributed by atoms with E-state index in [1.807, 2.05) is 19.2 Å². The third-order valence-corrected chi connectivity index (χ3v) is 4.50. The van der Waals surface area contributed by atoms with Crippen LogP contribution >= 0.6 is 11.6 Å². The first-order valence-corrected chi connectivity index (χ1v) is 8.25. The van der Waals surface area contributed by atoms with Gasteiger partial charge in [0.25, 0.3) is 0 Å². The number of pyridine rings is 1. The Morgan fingerprint density at radius 1 is 1.48 bits per heavy atom. The van der Waals surface area contributed by atoms with Gasteiger partial charge < -0.3 is 4.57 Å². The van der Waals surface area contributed by atoms with E-state index < -0.39 is 0 Å². The summed E-state index contributed by atoms with van der Waals surface area (Å²) in [5.41, 5.74) is 3.10. The van der Waals surface area contributed by atoms with Crippen molar-refractivity contribution in [3.8, 4) is 0 Å². The van der Waals surface area contributed by atoms with Crippen LogP contribution in [0.3, 0.4) is 0 Å². The lowest BCUT2D eigenvalue weighted by Crippen LogP contribution is -2.29. The molecule has 0 aromatic carbocycles. The number of nitrogens with zero attached hydrogens (tertiary/aromatic N) is 4. The molecule has 114 valence electrons. The highest BCUT2D eigenvalue weighted by Gasteiger charge is 2.28. The van der Waals surface area contributed by atoms with Gasteiger partial charge in [0.2, 0.25) is 0 Å². The van der Waals surface area contributed by atoms with Crippen molar-refractivity contribution in [3.63, 3.8) is 0 Å². The molecule has 21 heavy (non-hydrogen) atoms. The first kappa shape index (κ1) is 14.8. The molecule has 5 heteroatoms. The summed E-state index contributed by atoms with van der Waals surface area (Å²) in [6.07, 6.45) is 4.54. The fraction of sp³-hybridized carbons (Fsp3) is 0.625. The molecule has 0 radical (unpaired) electrons. The molecule has 4 nitrogen and oxygen atoms in total. The van der Waals surface area contributed by atoms with E-state index in [0.29, 0.717) is 0 Å². The van der Waals surface area contributed by atoms with Gasteiger partial charge in [0.05, 0.1) is 5.38 Å². The second-order valence-electron chi connectivity index (χ2n) is 5.90. The van der Waals surface area contributed by atoms with Crippen molar-refractivity contribution in [2.45, 2.75) is 51.6 Å². The third kappa shape index (κ3) is 2.92. The molecule has 0 saturated heterocycles. The number of halogens is 1. The van der Waals surface area contributed by atoms with Crippen molar-refractivity contribution in [3.05, 3.63) is 23.7 Å². The zero-order chi connectivity index (χ0) is 15.0. The molecule has 1 unspecified atom stereocenters. The van der Waals surface area contributed by atoms with Crippen molar-refractivity contribution in [1.82, 2.24) is 19.4 Å².